The van der Waals surface area contributed by atoms with Crippen molar-refractivity contribution in [3.05, 3.63) is 24.4 Å². The van der Waals surface area contributed by atoms with Gasteiger partial charge in [0.25, 0.3) is 0 Å². The lowest BCUT2D eigenvalue weighted by Gasteiger charge is -2.38. The van der Waals surface area contributed by atoms with Gasteiger partial charge in [0.1, 0.15) is 11.9 Å². The first-order valence-electron chi connectivity index (χ1n) is 8.97. The van der Waals surface area contributed by atoms with E-state index in [4.69, 9.17) is 16.2 Å². The smallest absolute Gasteiger partial charge is 0.388 e. The van der Waals surface area contributed by atoms with Crippen molar-refractivity contribution in [1.29, 1.82) is 0 Å². The lowest BCUT2D eigenvalue weighted by molar-refractivity contribution is -0.0966. The maximum Gasteiger partial charge on any atom is 0.388 e. The van der Waals surface area contributed by atoms with Gasteiger partial charge in [-0.3, -0.25) is 4.98 Å². The van der Waals surface area contributed by atoms with Crippen molar-refractivity contribution in [2.24, 2.45) is 16.5 Å². The number of nitrogens with two attached hydrogens (primary N) is 2. The molecule has 2 unspecified atom stereocenters. The van der Waals surface area contributed by atoms with E-state index in [0.29, 0.717) is 12.8 Å². The molecule has 11 heteroatoms. The molecular weight excluding hydrogens is 377 g/mol. The van der Waals surface area contributed by atoms with Crippen LogP contribution < -0.4 is 21.5 Å². The van der Waals surface area contributed by atoms with Gasteiger partial charge < -0.3 is 26.3 Å². The fraction of sp³-hybridized carbons (Fsp3) is 0.588. The first-order chi connectivity index (χ1) is 13.3. The lowest BCUT2D eigenvalue weighted by atomic mass is 9.91. The summed E-state index contributed by atoms with van der Waals surface area (Å²) in [5, 5.41) is 3.27. The van der Waals surface area contributed by atoms with Crippen molar-refractivity contribution in [2.45, 2.75) is 64.1 Å². The van der Waals surface area contributed by atoms with Crippen LogP contribution in [-0.4, -0.2) is 46.8 Å². The van der Waals surface area contributed by atoms with E-state index in [9.17, 15) is 13.2 Å². The van der Waals surface area contributed by atoms with Crippen LogP contribution in [0.1, 0.15) is 33.1 Å². The van der Waals surface area contributed by atoms with E-state index in [-0.39, 0.29) is 29.6 Å². The van der Waals surface area contributed by atoms with Gasteiger partial charge in [0.05, 0.1) is 12.4 Å². The number of hydrogen-bond donors (Lipinski definition) is 3. The van der Waals surface area contributed by atoms with Gasteiger partial charge in [-0.25, -0.2) is 9.38 Å². The highest BCUT2D eigenvalue weighted by atomic mass is 19.3. The Labute approximate surface area is 161 Å². The van der Waals surface area contributed by atoms with Crippen LogP contribution in [0.15, 0.2) is 29.3 Å². The molecule has 2 rings (SSSR count). The molecule has 0 bridgehead atoms. The largest absolute Gasteiger partial charge is 0.470 e. The summed E-state index contributed by atoms with van der Waals surface area (Å²) in [5.74, 6) is -0.664. The zero-order valence-corrected chi connectivity index (χ0v) is 15.7. The molecule has 0 amide bonds. The summed E-state index contributed by atoms with van der Waals surface area (Å²) in [6.07, 6.45) is 3.67. The van der Waals surface area contributed by atoms with Crippen molar-refractivity contribution in [3.8, 4) is 5.88 Å². The average molecular weight is 402 g/mol. The molecular formula is C17H25F3N6O2. The van der Waals surface area contributed by atoms with Gasteiger partial charge in [-0.15, -0.1) is 0 Å². The molecule has 0 radical (unpaired) electrons. The van der Waals surface area contributed by atoms with Gasteiger partial charge in [-0.05, 0) is 12.8 Å². The van der Waals surface area contributed by atoms with Crippen LogP contribution in [0.4, 0.5) is 19.0 Å². The number of halogens is 3. The fourth-order valence-corrected chi connectivity index (χ4v) is 2.92. The van der Waals surface area contributed by atoms with E-state index in [1.165, 1.54) is 12.4 Å². The maximum absolute atomic E-state index is 14.7. The Bertz CT molecular complexity index is 703. The van der Waals surface area contributed by atoms with Crippen LogP contribution in [0.25, 0.3) is 0 Å². The minimum absolute atomic E-state index is 0.0551. The molecule has 5 N–H and O–H groups in total. The molecule has 1 fully saturated rings. The highest BCUT2D eigenvalue weighted by Gasteiger charge is 2.38. The second-order valence-electron chi connectivity index (χ2n) is 6.30. The van der Waals surface area contributed by atoms with Crippen LogP contribution >= 0.6 is 0 Å². The number of piperidine rings is 1. The van der Waals surface area contributed by atoms with Gasteiger partial charge in [-0.1, -0.05) is 13.8 Å². The number of amidine groups is 1. The maximum atomic E-state index is 14.7. The Morgan fingerprint density at radius 2 is 2.11 bits per heavy atom. The third-order valence-corrected chi connectivity index (χ3v) is 4.27. The number of alkyl halides is 3. The molecule has 8 nitrogen and oxygen atoms in total. The fourth-order valence-electron chi connectivity index (χ4n) is 2.92. The third-order valence-electron chi connectivity index (χ3n) is 4.27. The van der Waals surface area contributed by atoms with Crippen LogP contribution in [0.3, 0.4) is 0 Å². The highest BCUT2D eigenvalue weighted by Crippen LogP contribution is 2.25. The quantitative estimate of drug-likeness (QED) is 0.346. The number of hydrogen-bond acceptors (Lipinski definition) is 7. The second-order valence-corrected chi connectivity index (χ2v) is 6.30. The summed E-state index contributed by atoms with van der Waals surface area (Å²) in [6.45, 7) is 0.862. The summed E-state index contributed by atoms with van der Waals surface area (Å²) in [7, 11) is 0. The molecule has 4 atom stereocenters. The predicted octanol–water partition coefficient (Wildman–Crippen LogP) is 2.14. The molecule has 0 aliphatic carbocycles. The normalized spacial score (nSPS) is 26.4. The molecule has 28 heavy (non-hydrogen) atoms. The molecule has 1 saturated heterocycles. The zero-order valence-electron chi connectivity index (χ0n) is 15.7. The Kier molecular flexibility index (Phi) is 7.85. The van der Waals surface area contributed by atoms with E-state index in [1.54, 1.807) is 0 Å². The first-order valence-corrected chi connectivity index (χ1v) is 8.97. The molecule has 1 aromatic rings. The highest BCUT2D eigenvalue weighted by molar-refractivity contribution is 5.93. The van der Waals surface area contributed by atoms with Gasteiger partial charge in [0, 0.05) is 24.6 Å². The number of nitrogens with one attached hydrogen (secondary N) is 1. The molecule has 156 valence electrons. The van der Waals surface area contributed by atoms with Crippen molar-refractivity contribution in [3.63, 3.8) is 0 Å². The van der Waals surface area contributed by atoms with E-state index < -0.39 is 24.8 Å². The molecule has 2 heterocycles. The number of ether oxygens (including phenoxy) is 2. The second kappa shape index (κ2) is 10.1. The topological polar surface area (TPSA) is 121 Å². The molecule has 1 aliphatic heterocycles. The molecule has 0 spiro atoms. The Morgan fingerprint density at radius 1 is 1.36 bits per heavy atom. The number of rotatable bonds is 8. The summed E-state index contributed by atoms with van der Waals surface area (Å²) < 4.78 is 48.5. The van der Waals surface area contributed by atoms with Gasteiger partial charge in [0.15, 0.2) is 17.9 Å². The van der Waals surface area contributed by atoms with Crippen molar-refractivity contribution in [2.75, 3.05) is 0 Å². The van der Waals surface area contributed by atoms with Crippen LogP contribution in [0.5, 0.6) is 5.88 Å². The monoisotopic (exact) mass is 402 g/mol. The Balaban J connectivity index is 2.11. The lowest BCUT2D eigenvalue weighted by Crippen LogP contribution is -2.56. The van der Waals surface area contributed by atoms with Crippen LogP contribution in [-0.2, 0) is 4.74 Å². The van der Waals surface area contributed by atoms with Crippen molar-refractivity contribution in [1.82, 2.24) is 15.3 Å². The SMILES string of the molecule is CC[C@H]1CC(Oc2cncc(/N=C(N)\C=C(/N)OC(F)F)n2)C(F)[C@H](CC)N1. The van der Waals surface area contributed by atoms with E-state index in [1.807, 2.05) is 13.8 Å². The minimum Gasteiger partial charge on any atom is -0.470 e. The zero-order chi connectivity index (χ0) is 20.7. The number of aromatic nitrogens is 2. The standard InChI is InChI=1S/C17H25F3N6O2/c1-3-9-5-11(16(18)10(4-2)24-9)27-15-8-23-7-14(26-15)25-12(21)6-13(22)28-17(19)20/h6-11,16-17,24H,3-5,22H2,1-2H3,(H2,21,25,26)/b13-6+/t9-,10-,11?,16?/m0/s1. The Morgan fingerprint density at radius 3 is 2.75 bits per heavy atom. The van der Waals surface area contributed by atoms with Crippen LogP contribution in [0.2, 0.25) is 0 Å². The van der Waals surface area contributed by atoms with Gasteiger partial charge in [-0.2, -0.15) is 13.8 Å². The van der Waals surface area contributed by atoms with E-state index in [0.717, 1.165) is 12.5 Å². The van der Waals surface area contributed by atoms with Crippen molar-refractivity contribution < 1.29 is 22.6 Å². The summed E-state index contributed by atoms with van der Waals surface area (Å²) in [6, 6.07) is -0.147. The predicted molar refractivity (Wildman–Crippen MR) is 97.9 cm³/mol. The number of aliphatic imine (C=N–C) groups is 1. The van der Waals surface area contributed by atoms with Gasteiger partial charge >= 0.3 is 6.61 Å². The van der Waals surface area contributed by atoms with Gasteiger partial charge in [0.2, 0.25) is 5.88 Å². The molecule has 1 aliphatic rings. The molecule has 0 aromatic carbocycles. The van der Waals surface area contributed by atoms with E-state index >= 15 is 0 Å². The average Bonchev–Trinajstić information content (AvgIpc) is 2.62. The van der Waals surface area contributed by atoms with E-state index in [2.05, 4.69) is 25.0 Å². The van der Waals surface area contributed by atoms with Crippen LogP contribution in [0, 0.1) is 0 Å². The third kappa shape index (κ3) is 6.25. The van der Waals surface area contributed by atoms with Crippen molar-refractivity contribution >= 4 is 11.7 Å². The molecule has 0 saturated carbocycles. The molecule has 1 aromatic heterocycles. The number of nitrogens with zero attached hydrogens (tertiary/aromatic N) is 3. The first kappa shape index (κ1) is 21.7. The summed E-state index contributed by atoms with van der Waals surface area (Å²) in [4.78, 5) is 12.0. The minimum atomic E-state index is -3.07. The Hall–Kier alpha value is -2.56. The summed E-state index contributed by atoms with van der Waals surface area (Å²) >= 11 is 0. The summed E-state index contributed by atoms with van der Waals surface area (Å²) in [5.41, 5.74) is 10.8.